The Morgan fingerprint density at radius 2 is 1.89 bits per heavy atom. The van der Waals surface area contributed by atoms with Gasteiger partial charge in [-0.3, -0.25) is 4.79 Å². The molecule has 27 heavy (non-hydrogen) atoms. The summed E-state index contributed by atoms with van der Waals surface area (Å²) in [5.74, 6) is 2.21. The SMILES string of the molecule is CC1CC(CN)CN1C(=O)COc1ccc(Oc2ccccn2)cc1.Cl.Cl. The van der Waals surface area contributed by atoms with Crippen LogP contribution < -0.4 is 15.2 Å². The molecular weight excluding hydrogens is 389 g/mol. The summed E-state index contributed by atoms with van der Waals surface area (Å²) >= 11 is 0. The normalized spacial score (nSPS) is 18.2. The fourth-order valence-electron chi connectivity index (χ4n) is 3.02. The van der Waals surface area contributed by atoms with Gasteiger partial charge >= 0.3 is 0 Å². The van der Waals surface area contributed by atoms with E-state index in [-0.39, 0.29) is 43.4 Å². The van der Waals surface area contributed by atoms with E-state index in [1.54, 1.807) is 36.5 Å². The van der Waals surface area contributed by atoms with Crippen LogP contribution in [0.1, 0.15) is 13.3 Å². The largest absolute Gasteiger partial charge is 0.484 e. The lowest BCUT2D eigenvalue weighted by atomic mass is 10.1. The fourth-order valence-corrected chi connectivity index (χ4v) is 3.02. The van der Waals surface area contributed by atoms with Crippen molar-refractivity contribution >= 4 is 30.7 Å². The topological polar surface area (TPSA) is 77.7 Å². The van der Waals surface area contributed by atoms with E-state index in [0.29, 0.717) is 29.8 Å². The van der Waals surface area contributed by atoms with Crippen LogP contribution in [0, 0.1) is 5.92 Å². The highest BCUT2D eigenvalue weighted by Crippen LogP contribution is 2.24. The lowest BCUT2D eigenvalue weighted by molar-refractivity contribution is -0.134. The van der Waals surface area contributed by atoms with Gasteiger partial charge in [0.1, 0.15) is 11.5 Å². The lowest BCUT2D eigenvalue weighted by Crippen LogP contribution is -2.37. The van der Waals surface area contributed by atoms with Crippen molar-refractivity contribution in [2.24, 2.45) is 11.7 Å². The molecule has 6 nitrogen and oxygen atoms in total. The highest BCUT2D eigenvalue weighted by molar-refractivity contribution is 5.85. The van der Waals surface area contributed by atoms with Gasteiger partial charge < -0.3 is 20.1 Å². The Labute approximate surface area is 171 Å². The van der Waals surface area contributed by atoms with E-state index >= 15 is 0 Å². The molecule has 1 saturated heterocycles. The molecule has 148 valence electrons. The smallest absolute Gasteiger partial charge is 0.260 e. The average Bonchev–Trinajstić information content (AvgIpc) is 3.03. The molecule has 0 radical (unpaired) electrons. The zero-order valence-corrected chi connectivity index (χ0v) is 16.7. The number of carbonyl (C=O) groups is 1. The first-order chi connectivity index (χ1) is 12.2. The van der Waals surface area contributed by atoms with E-state index in [2.05, 4.69) is 11.9 Å². The third kappa shape index (κ3) is 6.27. The van der Waals surface area contributed by atoms with Gasteiger partial charge in [-0.05, 0) is 56.1 Å². The summed E-state index contributed by atoms with van der Waals surface area (Å²) in [6.07, 6.45) is 2.63. The number of hydrogen-bond acceptors (Lipinski definition) is 5. The molecule has 0 spiro atoms. The van der Waals surface area contributed by atoms with E-state index in [0.717, 1.165) is 13.0 Å². The van der Waals surface area contributed by atoms with E-state index in [9.17, 15) is 4.79 Å². The molecule has 2 heterocycles. The number of nitrogens with zero attached hydrogens (tertiary/aromatic N) is 2. The highest BCUT2D eigenvalue weighted by atomic mass is 35.5. The van der Waals surface area contributed by atoms with Gasteiger partial charge in [-0.25, -0.2) is 4.98 Å². The molecule has 8 heteroatoms. The van der Waals surface area contributed by atoms with Gasteiger partial charge in [-0.2, -0.15) is 0 Å². The van der Waals surface area contributed by atoms with Crippen LogP contribution in [-0.2, 0) is 4.79 Å². The summed E-state index contributed by atoms with van der Waals surface area (Å²) in [4.78, 5) is 18.3. The summed E-state index contributed by atoms with van der Waals surface area (Å²) < 4.78 is 11.2. The maximum absolute atomic E-state index is 12.3. The minimum Gasteiger partial charge on any atom is -0.484 e. The number of benzene rings is 1. The maximum Gasteiger partial charge on any atom is 0.260 e. The predicted octanol–water partition coefficient (Wildman–Crippen LogP) is 3.29. The van der Waals surface area contributed by atoms with Crippen molar-refractivity contribution < 1.29 is 14.3 Å². The molecule has 2 unspecified atom stereocenters. The zero-order chi connectivity index (χ0) is 17.6. The molecule has 2 atom stereocenters. The minimum atomic E-state index is -0.00254. The van der Waals surface area contributed by atoms with Gasteiger partial charge in [0.2, 0.25) is 5.88 Å². The number of ether oxygens (including phenoxy) is 2. The number of nitrogens with two attached hydrogens (primary N) is 1. The zero-order valence-electron chi connectivity index (χ0n) is 15.1. The van der Waals surface area contributed by atoms with Gasteiger partial charge in [0.25, 0.3) is 5.91 Å². The third-order valence-electron chi connectivity index (χ3n) is 4.36. The Kier molecular flexibility index (Phi) is 9.35. The number of rotatable bonds is 6. The van der Waals surface area contributed by atoms with Gasteiger partial charge in [0.15, 0.2) is 6.61 Å². The number of amides is 1. The van der Waals surface area contributed by atoms with Crippen LogP contribution >= 0.6 is 24.8 Å². The van der Waals surface area contributed by atoms with Crippen LogP contribution in [0.15, 0.2) is 48.7 Å². The summed E-state index contributed by atoms with van der Waals surface area (Å²) in [6.45, 7) is 3.42. The maximum atomic E-state index is 12.3. The second-order valence-corrected chi connectivity index (χ2v) is 6.26. The Balaban J connectivity index is 0.00000182. The van der Waals surface area contributed by atoms with Gasteiger partial charge in [0.05, 0.1) is 0 Å². The first-order valence-corrected chi connectivity index (χ1v) is 8.47. The van der Waals surface area contributed by atoms with Gasteiger partial charge in [-0.15, -0.1) is 24.8 Å². The molecular formula is C19H25Cl2N3O3. The molecule has 1 aromatic carbocycles. The molecule has 1 fully saturated rings. The minimum absolute atomic E-state index is 0. The molecule has 0 bridgehead atoms. The summed E-state index contributed by atoms with van der Waals surface area (Å²) in [6, 6.07) is 12.8. The van der Waals surface area contributed by atoms with Crippen molar-refractivity contribution in [1.29, 1.82) is 0 Å². The standard InChI is InChI=1S/C19H23N3O3.2ClH/c1-14-10-15(11-20)12-22(14)19(23)13-24-16-5-7-17(8-6-16)25-18-4-2-3-9-21-18;;/h2-9,14-15H,10-13,20H2,1H3;2*1H. The van der Waals surface area contributed by atoms with Crippen LogP contribution in [0.5, 0.6) is 17.4 Å². The van der Waals surface area contributed by atoms with Crippen LogP contribution in [0.2, 0.25) is 0 Å². The van der Waals surface area contributed by atoms with E-state index in [1.165, 1.54) is 0 Å². The summed E-state index contributed by atoms with van der Waals surface area (Å²) in [5.41, 5.74) is 5.71. The quantitative estimate of drug-likeness (QED) is 0.785. The number of carbonyl (C=O) groups excluding carboxylic acids is 1. The monoisotopic (exact) mass is 413 g/mol. The Morgan fingerprint density at radius 3 is 2.48 bits per heavy atom. The molecule has 1 aromatic heterocycles. The first-order valence-electron chi connectivity index (χ1n) is 8.47. The average molecular weight is 414 g/mol. The Bertz CT molecular complexity index is 701. The number of likely N-dealkylation sites (tertiary alicyclic amines) is 1. The van der Waals surface area contributed by atoms with Crippen molar-refractivity contribution in [3.05, 3.63) is 48.7 Å². The molecule has 0 aliphatic carbocycles. The van der Waals surface area contributed by atoms with Crippen molar-refractivity contribution in [2.75, 3.05) is 19.7 Å². The first kappa shape index (κ1) is 23.0. The van der Waals surface area contributed by atoms with E-state index in [4.69, 9.17) is 15.2 Å². The molecule has 1 aliphatic rings. The lowest BCUT2D eigenvalue weighted by Gasteiger charge is -2.21. The van der Waals surface area contributed by atoms with Crippen LogP contribution in [0.4, 0.5) is 0 Å². The Hall–Kier alpha value is -2.02. The van der Waals surface area contributed by atoms with Gasteiger partial charge in [0, 0.05) is 24.8 Å². The highest BCUT2D eigenvalue weighted by Gasteiger charge is 2.31. The predicted molar refractivity (Wildman–Crippen MR) is 109 cm³/mol. The third-order valence-corrected chi connectivity index (χ3v) is 4.36. The number of pyridine rings is 1. The number of aromatic nitrogens is 1. The number of halogens is 2. The van der Waals surface area contributed by atoms with Crippen molar-refractivity contribution in [1.82, 2.24) is 9.88 Å². The van der Waals surface area contributed by atoms with Crippen molar-refractivity contribution in [2.45, 2.75) is 19.4 Å². The van der Waals surface area contributed by atoms with Crippen molar-refractivity contribution in [3.63, 3.8) is 0 Å². The summed E-state index contributed by atoms with van der Waals surface area (Å²) in [5, 5.41) is 0. The van der Waals surface area contributed by atoms with Crippen molar-refractivity contribution in [3.8, 4) is 17.4 Å². The molecule has 2 N–H and O–H groups in total. The molecule has 1 amide bonds. The molecule has 0 saturated carbocycles. The summed E-state index contributed by atoms with van der Waals surface area (Å²) in [7, 11) is 0. The molecule has 2 aromatic rings. The van der Waals surface area contributed by atoms with E-state index in [1.807, 2.05) is 17.0 Å². The van der Waals surface area contributed by atoms with E-state index < -0.39 is 0 Å². The molecule has 3 rings (SSSR count). The van der Waals surface area contributed by atoms with Crippen LogP contribution in [-0.4, -0.2) is 41.5 Å². The van der Waals surface area contributed by atoms with Crippen LogP contribution in [0.3, 0.4) is 0 Å². The second-order valence-electron chi connectivity index (χ2n) is 6.26. The van der Waals surface area contributed by atoms with Crippen LogP contribution in [0.25, 0.3) is 0 Å². The number of hydrogen-bond donors (Lipinski definition) is 1. The van der Waals surface area contributed by atoms with Gasteiger partial charge in [-0.1, -0.05) is 6.07 Å². The fraction of sp³-hybridized carbons (Fsp3) is 0.368. The Morgan fingerprint density at radius 1 is 1.19 bits per heavy atom. The molecule has 1 aliphatic heterocycles. The second kappa shape index (κ2) is 11.0.